The van der Waals surface area contributed by atoms with E-state index in [0.29, 0.717) is 23.1 Å². The number of pyridine rings is 1. The number of aromatic nitrogens is 1. The molecule has 0 atom stereocenters. The Kier molecular flexibility index (Phi) is 5.06. The number of halogens is 1. The highest BCUT2D eigenvalue weighted by molar-refractivity contribution is 6.31. The van der Waals surface area contributed by atoms with E-state index < -0.39 is 5.91 Å². The lowest BCUT2D eigenvalue weighted by atomic mass is 10.2. The minimum absolute atomic E-state index is 0.107. The lowest BCUT2D eigenvalue weighted by Crippen LogP contribution is -2.18. The predicted molar refractivity (Wildman–Crippen MR) is 84.2 cm³/mol. The van der Waals surface area contributed by atoms with E-state index in [4.69, 9.17) is 21.1 Å². The number of amides is 1. The van der Waals surface area contributed by atoms with Crippen LogP contribution in [0.3, 0.4) is 0 Å². The van der Waals surface area contributed by atoms with E-state index in [2.05, 4.69) is 10.3 Å². The maximum absolute atomic E-state index is 12.2. The van der Waals surface area contributed by atoms with E-state index in [1.807, 2.05) is 0 Å². The molecule has 1 heterocycles. The van der Waals surface area contributed by atoms with Crippen molar-refractivity contribution in [3.63, 3.8) is 0 Å². The topological polar surface area (TPSA) is 80.4 Å². The van der Waals surface area contributed by atoms with Crippen molar-refractivity contribution >= 4 is 23.2 Å². The highest BCUT2D eigenvalue weighted by Crippen LogP contribution is 2.27. The third-order valence-electron chi connectivity index (χ3n) is 2.83. The summed E-state index contributed by atoms with van der Waals surface area (Å²) in [6.07, 6.45) is 1.36. The van der Waals surface area contributed by atoms with E-state index in [1.54, 1.807) is 25.1 Å². The quantitative estimate of drug-likeness (QED) is 0.887. The number of benzene rings is 1. The van der Waals surface area contributed by atoms with Gasteiger partial charge in [0.25, 0.3) is 5.91 Å². The van der Waals surface area contributed by atoms with Crippen molar-refractivity contribution in [2.75, 3.05) is 19.0 Å². The van der Waals surface area contributed by atoms with Crippen LogP contribution in [0.15, 0.2) is 35.3 Å². The van der Waals surface area contributed by atoms with Gasteiger partial charge in [-0.1, -0.05) is 11.6 Å². The van der Waals surface area contributed by atoms with E-state index in [1.165, 1.54) is 19.4 Å². The number of carbonyl (C=O) groups is 1. The van der Waals surface area contributed by atoms with Gasteiger partial charge in [-0.25, -0.2) is 0 Å². The van der Waals surface area contributed by atoms with Crippen LogP contribution in [0.5, 0.6) is 11.5 Å². The lowest BCUT2D eigenvalue weighted by Gasteiger charge is -2.10. The Bertz CT molecular complexity index is 743. The minimum atomic E-state index is -0.485. The van der Waals surface area contributed by atoms with E-state index in [-0.39, 0.29) is 16.9 Å². The Hall–Kier alpha value is -2.47. The molecular formula is C15H15ClN2O4. The zero-order valence-electron chi connectivity index (χ0n) is 12.1. The van der Waals surface area contributed by atoms with Crippen LogP contribution in [-0.2, 0) is 0 Å². The summed E-state index contributed by atoms with van der Waals surface area (Å²) in [6.45, 7) is 2.14. The molecule has 22 heavy (non-hydrogen) atoms. The molecule has 116 valence electrons. The Morgan fingerprint density at radius 2 is 2.09 bits per heavy atom. The van der Waals surface area contributed by atoms with Crippen molar-refractivity contribution in [1.29, 1.82) is 0 Å². The number of anilines is 1. The molecule has 0 aliphatic rings. The van der Waals surface area contributed by atoms with E-state index in [9.17, 15) is 9.59 Å². The first-order chi connectivity index (χ1) is 10.5. The summed E-state index contributed by atoms with van der Waals surface area (Å²) in [5.41, 5.74) is 0.147. The van der Waals surface area contributed by atoms with Crippen LogP contribution in [-0.4, -0.2) is 24.6 Å². The number of carbonyl (C=O) groups excluding carboxylic acids is 1. The average molecular weight is 323 g/mol. The second-order valence-corrected chi connectivity index (χ2v) is 4.74. The van der Waals surface area contributed by atoms with E-state index >= 15 is 0 Å². The predicted octanol–water partition coefficient (Wildman–Crippen LogP) is 2.69. The monoisotopic (exact) mass is 322 g/mol. The van der Waals surface area contributed by atoms with Crippen molar-refractivity contribution in [3.8, 4) is 11.5 Å². The third-order valence-corrected chi connectivity index (χ3v) is 3.07. The molecule has 7 heteroatoms. The summed E-state index contributed by atoms with van der Waals surface area (Å²) in [4.78, 5) is 26.7. The molecule has 0 saturated carbocycles. The molecule has 1 aromatic carbocycles. The van der Waals surface area contributed by atoms with Gasteiger partial charge in [-0.3, -0.25) is 9.59 Å². The molecular weight excluding hydrogens is 308 g/mol. The van der Waals surface area contributed by atoms with Gasteiger partial charge in [0.05, 0.1) is 19.4 Å². The number of hydrogen-bond acceptors (Lipinski definition) is 4. The van der Waals surface area contributed by atoms with Crippen LogP contribution in [0, 0.1) is 0 Å². The number of H-pyrrole nitrogens is 1. The van der Waals surface area contributed by atoms with Crippen molar-refractivity contribution in [1.82, 2.24) is 4.98 Å². The number of ether oxygens (including phenoxy) is 2. The smallest absolute Gasteiger partial charge is 0.272 e. The molecule has 1 amide bonds. The van der Waals surface area contributed by atoms with E-state index in [0.717, 1.165) is 0 Å². The molecule has 0 bridgehead atoms. The van der Waals surface area contributed by atoms with Crippen molar-refractivity contribution in [2.45, 2.75) is 6.92 Å². The van der Waals surface area contributed by atoms with Gasteiger partial charge in [-0.2, -0.15) is 0 Å². The van der Waals surface area contributed by atoms with Crippen LogP contribution >= 0.6 is 11.6 Å². The van der Waals surface area contributed by atoms with Crippen LogP contribution in [0.1, 0.15) is 17.4 Å². The number of hydrogen-bond donors (Lipinski definition) is 2. The van der Waals surface area contributed by atoms with Gasteiger partial charge in [0.15, 0.2) is 5.75 Å². The first-order valence-electron chi connectivity index (χ1n) is 6.55. The molecule has 0 spiro atoms. The van der Waals surface area contributed by atoms with Crippen molar-refractivity contribution < 1.29 is 14.3 Å². The molecule has 0 saturated heterocycles. The molecule has 0 aliphatic carbocycles. The fraction of sp³-hybridized carbons (Fsp3) is 0.200. The molecule has 2 rings (SSSR count). The third kappa shape index (κ3) is 3.59. The fourth-order valence-corrected chi connectivity index (χ4v) is 2.00. The molecule has 0 radical (unpaired) electrons. The zero-order valence-corrected chi connectivity index (χ0v) is 12.9. The van der Waals surface area contributed by atoms with Gasteiger partial charge in [-0.15, -0.1) is 0 Å². The average Bonchev–Trinajstić information content (AvgIpc) is 2.49. The zero-order chi connectivity index (χ0) is 16.1. The van der Waals surface area contributed by atoms with Gasteiger partial charge >= 0.3 is 0 Å². The maximum atomic E-state index is 12.2. The Morgan fingerprint density at radius 3 is 2.73 bits per heavy atom. The van der Waals surface area contributed by atoms with Crippen LogP contribution in [0.25, 0.3) is 0 Å². The summed E-state index contributed by atoms with van der Waals surface area (Å²) in [5.74, 6) is 0.145. The van der Waals surface area contributed by atoms with Crippen molar-refractivity contribution in [2.24, 2.45) is 0 Å². The van der Waals surface area contributed by atoms with Gasteiger partial charge in [0.2, 0.25) is 5.43 Å². The number of methoxy groups -OCH3 is 1. The highest BCUT2D eigenvalue weighted by atomic mass is 35.5. The van der Waals surface area contributed by atoms with Gasteiger partial charge in [0, 0.05) is 17.3 Å². The largest absolute Gasteiger partial charge is 0.495 e. The molecule has 1 aromatic heterocycles. The summed E-state index contributed by atoms with van der Waals surface area (Å²) in [5, 5.41) is 3.09. The second kappa shape index (κ2) is 7.00. The summed E-state index contributed by atoms with van der Waals surface area (Å²) < 4.78 is 10.3. The number of nitrogens with one attached hydrogen (secondary N) is 2. The normalized spacial score (nSPS) is 10.1. The minimum Gasteiger partial charge on any atom is -0.495 e. The summed E-state index contributed by atoms with van der Waals surface area (Å²) in [7, 11) is 1.48. The molecule has 0 fully saturated rings. The van der Waals surface area contributed by atoms with Gasteiger partial charge < -0.3 is 19.8 Å². The molecule has 0 unspecified atom stereocenters. The number of aromatic amines is 1. The summed E-state index contributed by atoms with van der Waals surface area (Å²) in [6, 6.07) is 6.02. The summed E-state index contributed by atoms with van der Waals surface area (Å²) >= 11 is 5.90. The molecule has 6 nitrogen and oxygen atoms in total. The standard InChI is InChI=1S/C15H15ClN2O4/c1-3-22-14-8-17-11(7-12(14)19)15(20)18-10-6-9(16)4-5-13(10)21-2/h4-8H,3H2,1-2H3,(H,17,19)(H,18,20). The van der Waals surface area contributed by atoms with Crippen molar-refractivity contribution in [3.05, 3.63) is 51.4 Å². The first-order valence-corrected chi connectivity index (χ1v) is 6.93. The van der Waals surface area contributed by atoms with Crippen LogP contribution in [0.4, 0.5) is 5.69 Å². The SMILES string of the molecule is CCOc1c[nH]c(C(=O)Nc2cc(Cl)ccc2OC)cc1=O. The fourth-order valence-electron chi connectivity index (χ4n) is 1.83. The maximum Gasteiger partial charge on any atom is 0.272 e. The lowest BCUT2D eigenvalue weighted by molar-refractivity contribution is 0.102. The van der Waals surface area contributed by atoms with Gasteiger partial charge in [-0.05, 0) is 25.1 Å². The Morgan fingerprint density at radius 1 is 1.32 bits per heavy atom. The van der Waals surface area contributed by atoms with Gasteiger partial charge in [0.1, 0.15) is 11.4 Å². The Balaban J connectivity index is 2.24. The first kappa shape index (κ1) is 15.9. The highest BCUT2D eigenvalue weighted by Gasteiger charge is 2.12. The molecule has 2 N–H and O–H groups in total. The van der Waals surface area contributed by atoms with Crippen LogP contribution < -0.4 is 20.2 Å². The Labute approximate surface area is 132 Å². The molecule has 2 aromatic rings. The second-order valence-electron chi connectivity index (χ2n) is 4.31. The molecule has 0 aliphatic heterocycles. The number of rotatable bonds is 5. The van der Waals surface area contributed by atoms with Crippen LogP contribution in [0.2, 0.25) is 5.02 Å².